The van der Waals surface area contributed by atoms with Crippen LogP contribution in [0.25, 0.3) is 0 Å². The van der Waals surface area contributed by atoms with Crippen molar-refractivity contribution in [2.24, 2.45) is 0 Å². The average molecular weight is 302 g/mol. The Bertz CT molecular complexity index is 700. The van der Waals surface area contributed by atoms with E-state index in [0.29, 0.717) is 10.8 Å². The lowest BCUT2D eigenvalue weighted by molar-refractivity contribution is 0.102. The van der Waals surface area contributed by atoms with Gasteiger partial charge in [-0.1, -0.05) is 23.7 Å². The molecule has 1 aliphatic heterocycles. The number of halogens is 1. The summed E-state index contributed by atoms with van der Waals surface area (Å²) in [6.07, 6.45) is 2.45. The Morgan fingerprint density at radius 3 is 3.10 bits per heavy atom. The molecule has 21 heavy (non-hydrogen) atoms. The van der Waals surface area contributed by atoms with Gasteiger partial charge in [-0.15, -0.1) is 0 Å². The Kier molecular flexibility index (Phi) is 3.90. The van der Waals surface area contributed by atoms with Crippen molar-refractivity contribution in [1.29, 1.82) is 0 Å². The van der Waals surface area contributed by atoms with E-state index in [-0.39, 0.29) is 5.91 Å². The van der Waals surface area contributed by atoms with E-state index < -0.39 is 0 Å². The Hall–Kier alpha value is -1.91. The van der Waals surface area contributed by atoms with E-state index in [2.05, 4.69) is 21.7 Å². The molecule has 4 nitrogen and oxygen atoms in total. The fourth-order valence-electron chi connectivity index (χ4n) is 2.57. The van der Waals surface area contributed by atoms with Crippen LogP contribution >= 0.6 is 11.6 Å². The predicted molar refractivity (Wildman–Crippen MR) is 83.8 cm³/mol. The molecule has 0 radical (unpaired) electrons. The minimum absolute atomic E-state index is 0.0997. The number of hydrogen-bond acceptors (Lipinski definition) is 3. The smallest absolute Gasteiger partial charge is 0.255 e. The Morgan fingerprint density at radius 2 is 2.29 bits per heavy atom. The van der Waals surface area contributed by atoms with Crippen LogP contribution < -0.4 is 10.6 Å². The van der Waals surface area contributed by atoms with Crippen LogP contribution in [-0.4, -0.2) is 17.4 Å². The Labute approximate surface area is 128 Å². The molecule has 0 spiro atoms. The lowest BCUT2D eigenvalue weighted by Crippen LogP contribution is -2.26. The number of aryl methyl sites for hydroxylation is 1. The van der Waals surface area contributed by atoms with E-state index in [9.17, 15) is 4.79 Å². The number of aromatic nitrogens is 1. The third-order valence-corrected chi connectivity index (χ3v) is 4.05. The number of nitrogens with zero attached hydrogens (tertiary/aromatic N) is 1. The summed E-state index contributed by atoms with van der Waals surface area (Å²) in [5, 5.41) is 6.66. The van der Waals surface area contributed by atoms with Gasteiger partial charge in [-0.25, -0.2) is 4.98 Å². The van der Waals surface area contributed by atoms with Crippen LogP contribution in [0, 0.1) is 6.92 Å². The van der Waals surface area contributed by atoms with Crippen LogP contribution in [0.5, 0.6) is 0 Å². The maximum absolute atomic E-state index is 12.5. The molecule has 3 rings (SSSR count). The molecule has 5 heteroatoms. The molecule has 108 valence electrons. The van der Waals surface area contributed by atoms with Gasteiger partial charge in [-0.2, -0.15) is 0 Å². The van der Waals surface area contributed by atoms with Gasteiger partial charge < -0.3 is 10.6 Å². The summed E-state index contributed by atoms with van der Waals surface area (Å²) in [6, 6.07) is 7.68. The number of anilines is 1. The quantitative estimate of drug-likeness (QED) is 0.839. The Morgan fingerprint density at radius 1 is 1.43 bits per heavy atom. The first-order valence-electron chi connectivity index (χ1n) is 6.90. The normalized spacial score (nSPS) is 13.6. The van der Waals surface area contributed by atoms with Gasteiger partial charge in [0.15, 0.2) is 0 Å². The summed E-state index contributed by atoms with van der Waals surface area (Å²) in [4.78, 5) is 16.5. The molecule has 0 atom stereocenters. The predicted octanol–water partition coefficient (Wildman–Crippen LogP) is 2.94. The molecule has 0 saturated carbocycles. The largest absolute Gasteiger partial charge is 0.321 e. The monoisotopic (exact) mass is 301 g/mol. The molecule has 2 N–H and O–H groups in total. The van der Waals surface area contributed by atoms with Gasteiger partial charge in [-0.3, -0.25) is 4.79 Å². The van der Waals surface area contributed by atoms with Crippen LogP contribution in [0.4, 0.5) is 5.69 Å². The number of amides is 1. The van der Waals surface area contributed by atoms with Crippen molar-refractivity contribution in [3.8, 4) is 0 Å². The number of pyridine rings is 1. The second-order valence-electron chi connectivity index (χ2n) is 5.16. The number of benzene rings is 1. The number of carbonyl (C=O) groups is 1. The van der Waals surface area contributed by atoms with Gasteiger partial charge in [-0.05, 0) is 48.7 Å². The van der Waals surface area contributed by atoms with Gasteiger partial charge >= 0.3 is 0 Å². The molecule has 2 aromatic rings. The standard InChI is InChI=1S/C16H16ClN3O/c1-10-7-12(9-19-15(10)17)20-16(21)14-4-2-3-11-8-18-6-5-13(11)14/h2-4,7,9,18H,5-6,8H2,1H3,(H,20,21). The van der Waals surface area contributed by atoms with Crippen molar-refractivity contribution in [2.45, 2.75) is 19.9 Å². The third-order valence-electron chi connectivity index (χ3n) is 3.66. The van der Waals surface area contributed by atoms with Gasteiger partial charge in [0.1, 0.15) is 5.15 Å². The second kappa shape index (κ2) is 5.84. The van der Waals surface area contributed by atoms with E-state index in [1.165, 1.54) is 5.56 Å². The van der Waals surface area contributed by atoms with Crippen molar-refractivity contribution in [2.75, 3.05) is 11.9 Å². The molecule has 2 heterocycles. The van der Waals surface area contributed by atoms with Crippen LogP contribution in [0.3, 0.4) is 0 Å². The maximum atomic E-state index is 12.5. The molecule has 0 aliphatic carbocycles. The first-order chi connectivity index (χ1) is 10.1. The zero-order valence-electron chi connectivity index (χ0n) is 11.7. The first-order valence-corrected chi connectivity index (χ1v) is 7.28. The number of rotatable bonds is 2. The lowest BCUT2D eigenvalue weighted by atomic mass is 9.95. The highest BCUT2D eigenvalue weighted by Crippen LogP contribution is 2.21. The summed E-state index contributed by atoms with van der Waals surface area (Å²) >= 11 is 5.90. The number of carbonyl (C=O) groups excluding carboxylic acids is 1. The molecular weight excluding hydrogens is 286 g/mol. The summed E-state index contributed by atoms with van der Waals surface area (Å²) in [7, 11) is 0. The van der Waals surface area contributed by atoms with Crippen molar-refractivity contribution in [3.05, 3.63) is 57.9 Å². The van der Waals surface area contributed by atoms with Crippen LogP contribution in [-0.2, 0) is 13.0 Å². The summed E-state index contributed by atoms with van der Waals surface area (Å²) in [6.45, 7) is 3.58. The SMILES string of the molecule is Cc1cc(NC(=O)c2cccc3c2CCNC3)cnc1Cl. The highest BCUT2D eigenvalue weighted by molar-refractivity contribution is 6.30. The molecule has 0 saturated heterocycles. The van der Waals surface area contributed by atoms with Crippen LogP contribution in [0.2, 0.25) is 5.15 Å². The average Bonchev–Trinajstić information content (AvgIpc) is 2.50. The maximum Gasteiger partial charge on any atom is 0.255 e. The zero-order chi connectivity index (χ0) is 14.8. The minimum Gasteiger partial charge on any atom is -0.321 e. The van der Waals surface area contributed by atoms with Crippen molar-refractivity contribution in [3.63, 3.8) is 0 Å². The van der Waals surface area contributed by atoms with E-state index in [0.717, 1.165) is 36.2 Å². The zero-order valence-corrected chi connectivity index (χ0v) is 12.5. The van der Waals surface area contributed by atoms with E-state index in [1.807, 2.05) is 25.1 Å². The second-order valence-corrected chi connectivity index (χ2v) is 5.51. The Balaban J connectivity index is 1.87. The molecule has 0 fully saturated rings. The summed E-state index contributed by atoms with van der Waals surface area (Å²) in [5.41, 5.74) is 4.57. The van der Waals surface area contributed by atoms with Crippen LogP contribution in [0.15, 0.2) is 30.5 Å². The molecule has 0 unspecified atom stereocenters. The van der Waals surface area contributed by atoms with E-state index in [1.54, 1.807) is 6.20 Å². The molecule has 1 aromatic carbocycles. The first kappa shape index (κ1) is 14.0. The van der Waals surface area contributed by atoms with Gasteiger partial charge in [0.05, 0.1) is 11.9 Å². The highest BCUT2D eigenvalue weighted by atomic mass is 35.5. The van der Waals surface area contributed by atoms with Gasteiger partial charge in [0.25, 0.3) is 5.91 Å². The summed E-state index contributed by atoms with van der Waals surface area (Å²) in [5.74, 6) is -0.0997. The molecule has 0 bridgehead atoms. The van der Waals surface area contributed by atoms with Crippen molar-refractivity contribution in [1.82, 2.24) is 10.3 Å². The third kappa shape index (κ3) is 2.91. The topological polar surface area (TPSA) is 54.0 Å². The molecule has 1 aliphatic rings. The molecular formula is C16H16ClN3O. The fraction of sp³-hybridized carbons (Fsp3) is 0.250. The fourth-order valence-corrected chi connectivity index (χ4v) is 2.67. The number of nitrogens with one attached hydrogen (secondary N) is 2. The molecule has 1 amide bonds. The van der Waals surface area contributed by atoms with E-state index >= 15 is 0 Å². The number of fused-ring (bicyclic) bond motifs is 1. The van der Waals surface area contributed by atoms with Crippen molar-refractivity contribution < 1.29 is 4.79 Å². The van der Waals surface area contributed by atoms with Crippen LogP contribution in [0.1, 0.15) is 27.0 Å². The number of hydrogen-bond donors (Lipinski definition) is 2. The van der Waals surface area contributed by atoms with Gasteiger partial charge in [0.2, 0.25) is 0 Å². The van der Waals surface area contributed by atoms with Crippen molar-refractivity contribution >= 4 is 23.2 Å². The lowest BCUT2D eigenvalue weighted by Gasteiger charge is -2.20. The minimum atomic E-state index is -0.0997. The molecule has 1 aromatic heterocycles. The van der Waals surface area contributed by atoms with E-state index in [4.69, 9.17) is 11.6 Å². The van der Waals surface area contributed by atoms with Gasteiger partial charge in [0, 0.05) is 12.1 Å². The summed E-state index contributed by atoms with van der Waals surface area (Å²) < 4.78 is 0. The highest BCUT2D eigenvalue weighted by Gasteiger charge is 2.17.